The van der Waals surface area contributed by atoms with E-state index in [9.17, 15) is 13.2 Å². The van der Waals surface area contributed by atoms with E-state index in [1.54, 1.807) is 12.1 Å². The first kappa shape index (κ1) is 17.1. The first-order valence-corrected chi connectivity index (χ1v) is 8.39. The molecule has 112 valence electrons. The van der Waals surface area contributed by atoms with Crippen molar-refractivity contribution >= 4 is 31.9 Å². The van der Waals surface area contributed by atoms with Crippen LogP contribution in [0.3, 0.4) is 0 Å². The number of carbonyl (C=O) groups excluding carboxylic acids is 1. The van der Waals surface area contributed by atoms with Gasteiger partial charge in [0.15, 0.2) is 0 Å². The molecule has 20 heavy (non-hydrogen) atoms. The fraction of sp³-hybridized carbons (Fsp3) is 0.462. The van der Waals surface area contributed by atoms with E-state index >= 15 is 0 Å². The maximum Gasteiger partial charge on any atom is 0.241 e. The van der Waals surface area contributed by atoms with E-state index in [2.05, 4.69) is 26.0 Å². The Kier molecular flexibility index (Phi) is 5.34. The Morgan fingerprint density at radius 1 is 1.20 bits per heavy atom. The van der Waals surface area contributed by atoms with Crippen LogP contribution >= 0.6 is 15.9 Å². The molecule has 0 saturated carbocycles. The zero-order valence-electron chi connectivity index (χ0n) is 11.9. The van der Waals surface area contributed by atoms with Crippen LogP contribution < -0.4 is 10.0 Å². The highest BCUT2D eigenvalue weighted by Gasteiger charge is 2.24. The molecular formula is C13H19BrN2O3S. The van der Waals surface area contributed by atoms with Crippen molar-refractivity contribution < 1.29 is 13.2 Å². The normalized spacial score (nSPS) is 13.8. The molecule has 0 fully saturated rings. The molecule has 5 nitrogen and oxygen atoms in total. The predicted octanol–water partition coefficient (Wildman–Crippen LogP) is 2.03. The lowest BCUT2D eigenvalue weighted by Crippen LogP contribution is -2.50. The molecule has 2 N–H and O–H groups in total. The number of nitrogens with one attached hydrogen (secondary N) is 2. The molecule has 1 rings (SSSR count). The monoisotopic (exact) mass is 362 g/mol. The summed E-state index contributed by atoms with van der Waals surface area (Å²) in [7, 11) is -3.71. The molecule has 0 aliphatic carbocycles. The van der Waals surface area contributed by atoms with Crippen molar-refractivity contribution in [3.63, 3.8) is 0 Å². The summed E-state index contributed by atoms with van der Waals surface area (Å²) in [4.78, 5) is 12.0. The third-order valence-electron chi connectivity index (χ3n) is 2.35. The molecule has 0 bridgehead atoms. The van der Waals surface area contributed by atoms with Gasteiger partial charge in [-0.3, -0.25) is 4.79 Å². The van der Waals surface area contributed by atoms with Gasteiger partial charge in [-0.2, -0.15) is 4.72 Å². The van der Waals surface area contributed by atoms with Crippen molar-refractivity contribution in [3.8, 4) is 0 Å². The molecule has 1 aromatic carbocycles. The van der Waals surface area contributed by atoms with Gasteiger partial charge in [0.25, 0.3) is 0 Å². The summed E-state index contributed by atoms with van der Waals surface area (Å²) < 4.78 is 27.4. The number of hydrogen-bond donors (Lipinski definition) is 2. The lowest BCUT2D eigenvalue weighted by Gasteiger charge is -2.23. The summed E-state index contributed by atoms with van der Waals surface area (Å²) in [6, 6.07) is 5.37. The molecule has 7 heteroatoms. The average molecular weight is 363 g/mol. The van der Waals surface area contributed by atoms with Gasteiger partial charge < -0.3 is 5.32 Å². The summed E-state index contributed by atoms with van der Waals surface area (Å²) in [5.41, 5.74) is -0.408. The van der Waals surface area contributed by atoms with Crippen LogP contribution in [0.4, 0.5) is 0 Å². The highest BCUT2D eigenvalue weighted by Crippen LogP contribution is 2.14. The predicted molar refractivity (Wildman–Crippen MR) is 81.8 cm³/mol. The zero-order valence-corrected chi connectivity index (χ0v) is 14.3. The van der Waals surface area contributed by atoms with Crippen LogP contribution in [0.15, 0.2) is 33.6 Å². The van der Waals surface area contributed by atoms with Crippen LogP contribution in [-0.2, 0) is 14.8 Å². The van der Waals surface area contributed by atoms with Crippen LogP contribution in [0, 0.1) is 0 Å². The van der Waals surface area contributed by atoms with Crippen LogP contribution in [0.5, 0.6) is 0 Å². The van der Waals surface area contributed by atoms with Gasteiger partial charge in [-0.05, 0) is 52.0 Å². The number of halogens is 1. The third kappa shape index (κ3) is 5.22. The molecular weight excluding hydrogens is 344 g/mol. The minimum Gasteiger partial charge on any atom is -0.350 e. The summed E-state index contributed by atoms with van der Waals surface area (Å²) in [6.07, 6.45) is 0. The van der Waals surface area contributed by atoms with Gasteiger partial charge in [-0.15, -0.1) is 0 Å². The average Bonchev–Trinajstić information content (AvgIpc) is 2.26. The van der Waals surface area contributed by atoms with Gasteiger partial charge >= 0.3 is 0 Å². The van der Waals surface area contributed by atoms with Crippen molar-refractivity contribution in [2.24, 2.45) is 0 Å². The van der Waals surface area contributed by atoms with E-state index < -0.39 is 21.6 Å². The topological polar surface area (TPSA) is 75.3 Å². The Morgan fingerprint density at radius 2 is 1.70 bits per heavy atom. The van der Waals surface area contributed by atoms with E-state index in [0.29, 0.717) is 0 Å². The summed E-state index contributed by atoms with van der Waals surface area (Å²) in [5, 5.41) is 2.73. The standard InChI is InChI=1S/C13H19BrN2O3S/c1-9(12(17)15-13(2,3)4)16-20(18,19)11-7-5-10(14)6-8-11/h5-9,16H,1-4H3,(H,15,17)/t9-/m1/s1. The van der Waals surface area contributed by atoms with Gasteiger partial charge in [-0.1, -0.05) is 15.9 Å². The van der Waals surface area contributed by atoms with Crippen molar-refractivity contribution in [2.75, 3.05) is 0 Å². The number of rotatable bonds is 4. The Morgan fingerprint density at radius 3 is 2.15 bits per heavy atom. The van der Waals surface area contributed by atoms with E-state index in [-0.39, 0.29) is 10.8 Å². The molecule has 1 amide bonds. The molecule has 0 aliphatic heterocycles. The molecule has 0 unspecified atom stereocenters. The van der Waals surface area contributed by atoms with Gasteiger partial charge in [0.1, 0.15) is 0 Å². The second-order valence-electron chi connectivity index (χ2n) is 5.54. The van der Waals surface area contributed by atoms with Crippen molar-refractivity contribution in [3.05, 3.63) is 28.7 Å². The fourth-order valence-corrected chi connectivity index (χ4v) is 2.91. The highest BCUT2D eigenvalue weighted by atomic mass is 79.9. The Hall–Kier alpha value is -0.920. The molecule has 1 atom stereocenters. The summed E-state index contributed by atoms with van der Waals surface area (Å²) in [5.74, 6) is -0.363. The quantitative estimate of drug-likeness (QED) is 0.860. The largest absolute Gasteiger partial charge is 0.350 e. The molecule has 0 aromatic heterocycles. The Balaban J connectivity index is 2.81. The lowest BCUT2D eigenvalue weighted by molar-refractivity contribution is -0.123. The van der Waals surface area contributed by atoms with Gasteiger partial charge in [0.05, 0.1) is 10.9 Å². The molecule has 0 radical (unpaired) electrons. The highest BCUT2D eigenvalue weighted by molar-refractivity contribution is 9.10. The van der Waals surface area contributed by atoms with Crippen LogP contribution in [-0.4, -0.2) is 25.9 Å². The van der Waals surface area contributed by atoms with Gasteiger partial charge in [0.2, 0.25) is 15.9 Å². The zero-order chi connectivity index (χ0) is 15.6. The fourth-order valence-electron chi connectivity index (χ4n) is 1.45. The van der Waals surface area contributed by atoms with Crippen molar-refractivity contribution in [1.29, 1.82) is 0 Å². The summed E-state index contributed by atoms with van der Waals surface area (Å²) in [6.45, 7) is 7.01. The number of sulfonamides is 1. The van der Waals surface area contributed by atoms with Crippen molar-refractivity contribution in [1.82, 2.24) is 10.0 Å². The lowest BCUT2D eigenvalue weighted by atomic mass is 10.1. The molecule has 0 saturated heterocycles. The van der Waals surface area contributed by atoms with E-state index in [0.717, 1.165) is 4.47 Å². The van der Waals surface area contributed by atoms with Crippen molar-refractivity contribution in [2.45, 2.75) is 44.2 Å². The number of carbonyl (C=O) groups is 1. The second kappa shape index (κ2) is 6.24. The van der Waals surface area contributed by atoms with Gasteiger partial charge in [-0.25, -0.2) is 8.42 Å². The first-order valence-electron chi connectivity index (χ1n) is 6.11. The first-order chi connectivity index (χ1) is 9.01. The molecule has 0 aliphatic rings. The second-order valence-corrected chi connectivity index (χ2v) is 8.17. The van der Waals surface area contributed by atoms with E-state index in [1.165, 1.54) is 19.1 Å². The number of benzene rings is 1. The SMILES string of the molecule is C[C@@H](NS(=O)(=O)c1ccc(Br)cc1)C(=O)NC(C)(C)C. The maximum atomic E-state index is 12.1. The smallest absolute Gasteiger partial charge is 0.241 e. The number of amides is 1. The minimum atomic E-state index is -3.71. The van der Waals surface area contributed by atoms with E-state index in [1.807, 2.05) is 20.8 Å². The molecule has 1 aromatic rings. The Labute approximate surface area is 128 Å². The van der Waals surface area contributed by atoms with E-state index in [4.69, 9.17) is 0 Å². The number of hydrogen-bond acceptors (Lipinski definition) is 3. The molecule has 0 spiro atoms. The molecule has 0 heterocycles. The third-order valence-corrected chi connectivity index (χ3v) is 4.43. The van der Waals surface area contributed by atoms with Crippen LogP contribution in [0.2, 0.25) is 0 Å². The van der Waals surface area contributed by atoms with Crippen LogP contribution in [0.1, 0.15) is 27.7 Å². The Bertz CT molecular complexity index is 577. The summed E-state index contributed by atoms with van der Waals surface area (Å²) >= 11 is 3.24. The van der Waals surface area contributed by atoms with Gasteiger partial charge in [0, 0.05) is 10.0 Å². The van der Waals surface area contributed by atoms with Crippen LogP contribution in [0.25, 0.3) is 0 Å². The maximum absolute atomic E-state index is 12.1. The minimum absolute atomic E-state index is 0.121.